The van der Waals surface area contributed by atoms with Gasteiger partial charge in [0.15, 0.2) is 11.0 Å². The first-order chi connectivity index (χ1) is 21.2. The second kappa shape index (κ2) is 13.3. The fraction of sp³-hybridized carbons (Fsp3) is 0.276. The molecule has 0 spiro atoms. The molecule has 5 rings (SSSR count). The number of nitro benzene ring substituents is 1. The number of thiophene rings is 1. The number of hydrogen-bond acceptors (Lipinski definition) is 10. The predicted octanol–water partition coefficient (Wildman–Crippen LogP) is 5.09. The first kappa shape index (κ1) is 30.8. The van der Waals surface area contributed by atoms with E-state index in [1.807, 2.05) is 0 Å². The van der Waals surface area contributed by atoms with E-state index in [4.69, 9.17) is 4.74 Å². The lowest BCUT2D eigenvalue weighted by molar-refractivity contribution is -0.384. The quantitative estimate of drug-likeness (QED) is 0.0988. The molecule has 44 heavy (non-hydrogen) atoms. The predicted molar refractivity (Wildman–Crippen MR) is 162 cm³/mol. The van der Waals surface area contributed by atoms with Crippen molar-refractivity contribution in [2.45, 2.75) is 50.1 Å². The number of amides is 2. The fourth-order valence-corrected chi connectivity index (χ4v) is 6.84. The van der Waals surface area contributed by atoms with Crippen molar-refractivity contribution in [2.75, 3.05) is 11.9 Å². The maximum Gasteiger partial charge on any atom is 0.341 e. The summed E-state index contributed by atoms with van der Waals surface area (Å²) in [5.41, 5.74) is 1.92. The summed E-state index contributed by atoms with van der Waals surface area (Å²) in [6, 6.07) is 10.7. The average molecular weight is 639 g/mol. The zero-order valence-corrected chi connectivity index (χ0v) is 25.3. The number of esters is 1. The molecule has 1 aliphatic rings. The van der Waals surface area contributed by atoms with Gasteiger partial charge >= 0.3 is 5.97 Å². The minimum absolute atomic E-state index is 0.0784. The van der Waals surface area contributed by atoms with Crippen molar-refractivity contribution < 1.29 is 28.4 Å². The number of ether oxygens (including phenoxy) is 1. The van der Waals surface area contributed by atoms with Gasteiger partial charge in [-0.1, -0.05) is 11.8 Å². The van der Waals surface area contributed by atoms with E-state index in [9.17, 15) is 28.9 Å². The summed E-state index contributed by atoms with van der Waals surface area (Å²) < 4.78 is 20.6. The van der Waals surface area contributed by atoms with Crippen LogP contribution in [-0.2, 0) is 28.9 Å². The van der Waals surface area contributed by atoms with Crippen LogP contribution in [0.4, 0.5) is 15.1 Å². The van der Waals surface area contributed by atoms with Crippen LogP contribution in [-0.4, -0.2) is 49.3 Å². The summed E-state index contributed by atoms with van der Waals surface area (Å²) >= 11 is 2.49. The Morgan fingerprint density at radius 1 is 1.14 bits per heavy atom. The Balaban J connectivity index is 1.34. The Labute approximate surface area is 259 Å². The van der Waals surface area contributed by atoms with Crippen molar-refractivity contribution in [3.8, 4) is 5.69 Å². The zero-order chi connectivity index (χ0) is 31.4. The molecule has 12 nitrogen and oxygen atoms in total. The van der Waals surface area contributed by atoms with E-state index in [2.05, 4.69) is 20.8 Å². The summed E-state index contributed by atoms with van der Waals surface area (Å²) in [6.07, 6.45) is 2.55. The molecular formula is C29H27FN6O6S2. The van der Waals surface area contributed by atoms with Crippen LogP contribution in [0.25, 0.3) is 5.69 Å². The van der Waals surface area contributed by atoms with Gasteiger partial charge in [-0.25, -0.2) is 9.18 Å². The number of aromatic nitrogens is 3. The van der Waals surface area contributed by atoms with Crippen LogP contribution in [0.1, 0.15) is 57.2 Å². The molecule has 1 atom stereocenters. The van der Waals surface area contributed by atoms with Gasteiger partial charge in [0.1, 0.15) is 10.8 Å². The Morgan fingerprint density at radius 3 is 2.55 bits per heavy atom. The zero-order valence-electron chi connectivity index (χ0n) is 23.7. The van der Waals surface area contributed by atoms with Gasteiger partial charge in [-0.05, 0) is 75.1 Å². The van der Waals surface area contributed by atoms with E-state index in [1.54, 1.807) is 18.4 Å². The average Bonchev–Trinajstić information content (AvgIpc) is 3.71. The van der Waals surface area contributed by atoms with E-state index in [-0.39, 0.29) is 30.3 Å². The molecule has 0 unspecified atom stereocenters. The van der Waals surface area contributed by atoms with Crippen LogP contribution >= 0.6 is 23.1 Å². The number of halogens is 1. The summed E-state index contributed by atoms with van der Waals surface area (Å²) in [6.45, 7) is 3.56. The third kappa shape index (κ3) is 6.63. The minimum Gasteiger partial charge on any atom is -0.462 e. The Hall–Kier alpha value is -4.63. The van der Waals surface area contributed by atoms with E-state index in [0.717, 1.165) is 41.5 Å². The lowest BCUT2D eigenvalue weighted by atomic mass is 10.1. The topological polar surface area (TPSA) is 158 Å². The number of aryl methyl sites for hydroxylation is 1. The normalized spacial score (nSPS) is 12.8. The highest BCUT2D eigenvalue weighted by Gasteiger charge is 2.30. The first-order valence-electron chi connectivity index (χ1n) is 13.7. The van der Waals surface area contributed by atoms with Gasteiger partial charge in [-0.15, -0.1) is 21.5 Å². The van der Waals surface area contributed by atoms with Crippen LogP contribution in [0.3, 0.4) is 0 Å². The number of nitro groups is 1. The van der Waals surface area contributed by atoms with Crippen molar-refractivity contribution in [3.63, 3.8) is 0 Å². The fourth-order valence-electron chi connectivity index (χ4n) is 4.67. The smallest absolute Gasteiger partial charge is 0.341 e. The Kier molecular flexibility index (Phi) is 9.35. The number of nitrogens with zero attached hydrogens (tertiary/aromatic N) is 4. The highest BCUT2D eigenvalue weighted by molar-refractivity contribution is 8.00. The molecule has 0 bridgehead atoms. The van der Waals surface area contributed by atoms with Crippen molar-refractivity contribution in [2.24, 2.45) is 0 Å². The molecule has 2 amide bonds. The van der Waals surface area contributed by atoms with Crippen LogP contribution < -0.4 is 10.6 Å². The van der Waals surface area contributed by atoms with E-state index in [1.165, 1.54) is 59.9 Å². The highest BCUT2D eigenvalue weighted by Crippen LogP contribution is 2.40. The molecule has 15 heteroatoms. The largest absolute Gasteiger partial charge is 0.462 e. The van der Waals surface area contributed by atoms with Gasteiger partial charge in [0.25, 0.3) is 11.6 Å². The van der Waals surface area contributed by atoms with E-state index in [0.29, 0.717) is 27.2 Å². The van der Waals surface area contributed by atoms with Crippen molar-refractivity contribution in [3.05, 3.63) is 91.9 Å². The molecule has 0 fully saturated rings. The van der Waals surface area contributed by atoms with Gasteiger partial charge in [-0.3, -0.25) is 24.3 Å². The number of non-ortho nitro benzene ring substituents is 1. The van der Waals surface area contributed by atoms with Crippen molar-refractivity contribution in [1.29, 1.82) is 0 Å². The van der Waals surface area contributed by atoms with Gasteiger partial charge in [0, 0.05) is 28.3 Å². The summed E-state index contributed by atoms with van der Waals surface area (Å²) in [7, 11) is 0. The molecule has 0 saturated carbocycles. The number of anilines is 1. The number of carbonyl (C=O) groups excluding carboxylic acids is 3. The summed E-state index contributed by atoms with van der Waals surface area (Å²) in [5, 5.41) is 25.1. The van der Waals surface area contributed by atoms with Crippen molar-refractivity contribution in [1.82, 2.24) is 20.1 Å². The molecule has 0 radical (unpaired) electrons. The molecule has 2 N–H and O–H groups in total. The first-order valence-corrected chi connectivity index (χ1v) is 15.4. The standard InChI is InChI=1S/C29H27FN6O6S2/c1-3-42-28(39)24-21-5-4-6-22(21)44-27(24)32-25(37)16(2)43-29-34-33-23(35(29)19-13-9-18(30)10-14-19)15-31-26(38)17-7-11-20(12-8-17)36(40)41/h7-14,16H,3-6,15H2,1-2H3,(H,31,38)(H,32,37)/t16-/m1/s1. The lowest BCUT2D eigenvalue weighted by Gasteiger charge is -2.14. The lowest BCUT2D eigenvalue weighted by Crippen LogP contribution is -2.25. The van der Waals surface area contributed by atoms with Crippen LogP contribution in [0, 0.1) is 15.9 Å². The Bertz CT molecular complexity index is 1720. The van der Waals surface area contributed by atoms with Gasteiger partial charge in [0.2, 0.25) is 5.91 Å². The van der Waals surface area contributed by atoms with Crippen molar-refractivity contribution >= 4 is 51.6 Å². The molecule has 2 heterocycles. The van der Waals surface area contributed by atoms with E-state index < -0.39 is 27.9 Å². The molecule has 0 saturated heterocycles. The SMILES string of the molecule is CCOC(=O)c1c(NC(=O)[C@@H](C)Sc2nnc(CNC(=O)c3ccc([N+](=O)[O-])cc3)n2-c2ccc(F)cc2)sc2c1CCC2. The Morgan fingerprint density at radius 2 is 1.86 bits per heavy atom. The number of rotatable bonds is 11. The van der Waals surface area contributed by atoms with Gasteiger partial charge in [-0.2, -0.15) is 0 Å². The molecule has 4 aromatic rings. The van der Waals surface area contributed by atoms with E-state index >= 15 is 0 Å². The molecular weight excluding hydrogens is 611 g/mol. The second-order valence-corrected chi connectivity index (χ2v) is 12.1. The maximum atomic E-state index is 13.7. The number of fused-ring (bicyclic) bond motifs is 1. The molecule has 1 aliphatic carbocycles. The molecule has 2 aromatic heterocycles. The summed E-state index contributed by atoms with van der Waals surface area (Å²) in [4.78, 5) is 50.2. The van der Waals surface area contributed by atoms with Gasteiger partial charge < -0.3 is 15.4 Å². The molecule has 2 aromatic carbocycles. The monoisotopic (exact) mass is 638 g/mol. The summed E-state index contributed by atoms with van der Waals surface area (Å²) in [5.74, 6) is -1.45. The van der Waals surface area contributed by atoms with Crippen LogP contribution in [0.15, 0.2) is 53.7 Å². The second-order valence-electron chi connectivity index (χ2n) is 9.73. The number of carbonyl (C=O) groups is 3. The van der Waals surface area contributed by atoms with Crippen LogP contribution in [0.2, 0.25) is 0 Å². The third-order valence-corrected chi connectivity index (χ3v) is 9.07. The third-order valence-electron chi connectivity index (χ3n) is 6.82. The highest BCUT2D eigenvalue weighted by atomic mass is 32.2. The van der Waals surface area contributed by atoms with Crippen LogP contribution in [0.5, 0.6) is 0 Å². The molecule has 228 valence electrons. The number of thioether (sulfide) groups is 1. The number of hydrogen-bond donors (Lipinski definition) is 2. The minimum atomic E-state index is -0.687. The maximum absolute atomic E-state index is 13.7. The molecule has 0 aliphatic heterocycles. The number of nitrogens with one attached hydrogen (secondary N) is 2. The van der Waals surface area contributed by atoms with Gasteiger partial charge in [0.05, 0.1) is 28.9 Å². The number of benzene rings is 2.